The minimum absolute atomic E-state index is 0.316. The van der Waals surface area contributed by atoms with Gasteiger partial charge in [0.05, 0.1) is 11.3 Å². The zero-order valence-electron chi connectivity index (χ0n) is 30.7. The predicted octanol–water partition coefficient (Wildman–Crippen LogP) is 13.4. The van der Waals surface area contributed by atoms with Gasteiger partial charge in [-0.2, -0.15) is 0 Å². The van der Waals surface area contributed by atoms with Gasteiger partial charge in [-0.05, 0) is 88.8 Å². The molecule has 0 aliphatic carbocycles. The van der Waals surface area contributed by atoms with E-state index in [0.29, 0.717) is 11.5 Å². The lowest BCUT2D eigenvalue weighted by Crippen LogP contribution is -2.19. The number of hydrogen-bond donors (Lipinski definition) is 0. The van der Waals surface area contributed by atoms with Gasteiger partial charge in [-0.3, -0.25) is 0 Å². The van der Waals surface area contributed by atoms with Crippen LogP contribution in [-0.4, -0.2) is 5.87 Å². The van der Waals surface area contributed by atoms with Crippen LogP contribution in [0.1, 0.15) is 61.1 Å². The van der Waals surface area contributed by atoms with Crippen molar-refractivity contribution in [2.75, 3.05) is 0 Å². The van der Waals surface area contributed by atoms with Crippen LogP contribution in [0.25, 0.3) is 5.57 Å². The van der Waals surface area contributed by atoms with Crippen molar-refractivity contribution in [1.29, 1.82) is 0 Å². The second-order valence-corrected chi connectivity index (χ2v) is 14.2. The maximum atomic E-state index is 6.72. The minimum Gasteiger partial charge on any atom is -0.457 e. The summed E-state index contributed by atoms with van der Waals surface area (Å²) in [5.74, 6) is 6.39. The highest BCUT2D eigenvalue weighted by molar-refractivity contribution is 6.02. The molecule has 0 heterocycles. The summed E-state index contributed by atoms with van der Waals surface area (Å²) in [4.78, 5) is 4.96. The molecule has 0 aliphatic heterocycles. The van der Waals surface area contributed by atoms with Crippen LogP contribution in [0.3, 0.4) is 0 Å². The molecule has 0 radical (unpaired) electrons. The fourth-order valence-corrected chi connectivity index (χ4v) is 6.57. The first kappa shape index (κ1) is 35.0. The molecule has 0 saturated carbocycles. The molecule has 0 aromatic heterocycles. The highest BCUT2D eigenvalue weighted by atomic mass is 16.5. The lowest BCUT2D eigenvalue weighted by Gasteiger charge is -2.29. The van der Waals surface area contributed by atoms with Gasteiger partial charge in [0.2, 0.25) is 0 Å². The lowest BCUT2D eigenvalue weighted by molar-refractivity contribution is 0.478. The van der Waals surface area contributed by atoms with Gasteiger partial charge >= 0.3 is 0 Å². The molecule has 3 nitrogen and oxygen atoms in total. The van der Waals surface area contributed by atoms with Crippen molar-refractivity contribution in [1.82, 2.24) is 0 Å². The van der Waals surface area contributed by atoms with Gasteiger partial charge in [0.1, 0.15) is 23.0 Å². The van der Waals surface area contributed by atoms with Crippen molar-refractivity contribution >= 4 is 17.1 Å². The second kappa shape index (κ2) is 15.5. The van der Waals surface area contributed by atoms with Crippen molar-refractivity contribution in [3.05, 3.63) is 221 Å². The highest BCUT2D eigenvalue weighted by Crippen LogP contribution is 2.43. The summed E-state index contributed by atoms with van der Waals surface area (Å²) in [7, 11) is 0. The number of aliphatic imine (C=N–C) groups is 1. The zero-order valence-corrected chi connectivity index (χ0v) is 30.7. The summed E-state index contributed by atoms with van der Waals surface area (Å²) in [6.07, 6.45) is 0. The first-order valence-corrected chi connectivity index (χ1v) is 18.0. The molecule has 7 aromatic rings. The summed E-state index contributed by atoms with van der Waals surface area (Å²) < 4.78 is 13.4. The molecule has 0 unspecified atom stereocenters. The molecular weight excluding hydrogens is 647 g/mol. The van der Waals surface area contributed by atoms with Crippen LogP contribution in [-0.2, 0) is 10.8 Å². The molecule has 0 N–H and O–H groups in total. The molecule has 0 spiro atoms. The Morgan fingerprint density at radius 3 is 1.17 bits per heavy atom. The van der Waals surface area contributed by atoms with Gasteiger partial charge in [-0.1, -0.05) is 155 Å². The molecule has 3 heteroatoms. The normalized spacial score (nSPS) is 11.3. The van der Waals surface area contributed by atoms with Crippen LogP contribution < -0.4 is 9.47 Å². The number of benzene rings is 7. The van der Waals surface area contributed by atoms with Crippen LogP contribution in [0, 0.1) is 0 Å². The number of rotatable bonds is 11. The molecule has 0 fully saturated rings. The zero-order chi connectivity index (χ0) is 36.7. The number of ether oxygens (including phenoxy) is 2. The Balaban J connectivity index is 1.51. The molecule has 260 valence electrons. The fraction of sp³-hybridized carbons (Fsp3) is 0.120. The smallest absolute Gasteiger partial charge is 0.135 e. The summed E-state index contributed by atoms with van der Waals surface area (Å²) in [6.45, 7) is 9.03. The molecule has 0 aliphatic rings. The van der Waals surface area contributed by atoms with E-state index in [9.17, 15) is 0 Å². The Morgan fingerprint density at radius 2 is 0.774 bits per heavy atom. The van der Waals surface area contributed by atoms with Crippen LogP contribution in [0.4, 0.5) is 5.69 Å². The topological polar surface area (TPSA) is 30.8 Å². The van der Waals surface area contributed by atoms with E-state index in [1.165, 1.54) is 11.1 Å². The van der Waals surface area contributed by atoms with Crippen molar-refractivity contribution in [3.8, 4) is 23.0 Å². The van der Waals surface area contributed by atoms with Crippen LogP contribution in [0.5, 0.6) is 23.0 Å². The van der Waals surface area contributed by atoms with Crippen molar-refractivity contribution in [2.24, 2.45) is 4.99 Å². The van der Waals surface area contributed by atoms with Gasteiger partial charge in [0.25, 0.3) is 0 Å². The number of nitrogens with zero attached hydrogens (tertiary/aromatic N) is 1. The monoisotopic (exact) mass is 689 g/mol. The number of para-hydroxylation sites is 3. The van der Waals surface area contributed by atoms with E-state index >= 15 is 0 Å². The molecule has 53 heavy (non-hydrogen) atoms. The van der Waals surface area contributed by atoms with E-state index < -0.39 is 0 Å². The van der Waals surface area contributed by atoms with Gasteiger partial charge in [-0.15, -0.1) is 0 Å². The maximum Gasteiger partial charge on any atom is 0.135 e. The standard InChI is InChI=1S/C50H43NO2/c1-49(2,37-20-10-5-11-21-37)39-30-32-47(52-42-26-16-8-17-27-42)44(34-39)46(36-51-41-24-14-7-15-25-41)45-35-40(50(3,4)38-22-12-6-13-23-38)31-33-48(45)53-43-28-18-9-19-29-43/h5-35H,1-4H3. The first-order chi connectivity index (χ1) is 25.8. The van der Waals surface area contributed by atoms with Gasteiger partial charge in [-0.25, -0.2) is 4.99 Å². The third-order valence-electron chi connectivity index (χ3n) is 9.93. The van der Waals surface area contributed by atoms with Gasteiger partial charge in [0, 0.05) is 22.0 Å². The molecule has 7 aromatic carbocycles. The molecule has 0 bridgehead atoms. The van der Waals surface area contributed by atoms with Crippen LogP contribution >= 0.6 is 0 Å². The summed E-state index contributed by atoms with van der Waals surface area (Å²) >= 11 is 0. The third-order valence-corrected chi connectivity index (χ3v) is 9.93. The van der Waals surface area contributed by atoms with E-state index in [4.69, 9.17) is 14.5 Å². The average Bonchev–Trinajstić information content (AvgIpc) is 3.20. The SMILES string of the molecule is CC(C)(c1ccccc1)c1ccc(Oc2ccccc2)c(C(=C=Nc2ccccc2)c2cc(C(C)(C)c3ccccc3)ccc2Oc2ccccc2)c1. The molecule has 0 saturated heterocycles. The molecular formula is C50H43NO2. The Kier molecular flexibility index (Phi) is 10.2. The summed E-state index contributed by atoms with van der Waals surface area (Å²) in [5, 5.41) is 0. The van der Waals surface area contributed by atoms with Gasteiger partial charge in [0.15, 0.2) is 0 Å². The van der Waals surface area contributed by atoms with Crippen LogP contribution in [0.2, 0.25) is 0 Å². The maximum absolute atomic E-state index is 6.72. The quantitative estimate of drug-likeness (QED) is 0.127. The number of hydrogen-bond acceptors (Lipinski definition) is 3. The van der Waals surface area contributed by atoms with Gasteiger partial charge < -0.3 is 9.47 Å². The van der Waals surface area contributed by atoms with Crippen molar-refractivity contribution in [2.45, 2.75) is 38.5 Å². The van der Waals surface area contributed by atoms with E-state index in [2.05, 4.69) is 131 Å². The largest absolute Gasteiger partial charge is 0.457 e. The minimum atomic E-state index is -0.316. The third kappa shape index (κ3) is 7.92. The van der Waals surface area contributed by atoms with Crippen LogP contribution in [0.15, 0.2) is 193 Å². The summed E-state index contributed by atoms with van der Waals surface area (Å²) in [6, 6.07) is 63.9. The Bertz CT molecular complexity index is 2200. The van der Waals surface area contributed by atoms with E-state index in [1.807, 2.05) is 91.0 Å². The molecule has 0 atom stereocenters. The average molecular weight is 690 g/mol. The lowest BCUT2D eigenvalue weighted by atomic mass is 9.76. The predicted molar refractivity (Wildman–Crippen MR) is 219 cm³/mol. The Hall–Kier alpha value is -6.41. The summed E-state index contributed by atoms with van der Waals surface area (Å²) in [5.41, 5.74) is 7.30. The highest BCUT2D eigenvalue weighted by Gasteiger charge is 2.28. The van der Waals surface area contributed by atoms with Crippen molar-refractivity contribution in [3.63, 3.8) is 0 Å². The molecule has 7 rings (SSSR count). The Labute approximate surface area is 313 Å². The van der Waals surface area contributed by atoms with Crippen molar-refractivity contribution < 1.29 is 9.47 Å². The van der Waals surface area contributed by atoms with E-state index in [-0.39, 0.29) is 10.8 Å². The van der Waals surface area contributed by atoms with E-state index in [0.717, 1.165) is 45.0 Å². The molecule has 0 amide bonds. The fourth-order valence-electron chi connectivity index (χ4n) is 6.57. The second-order valence-electron chi connectivity index (χ2n) is 14.2. The Morgan fingerprint density at radius 1 is 0.415 bits per heavy atom. The first-order valence-electron chi connectivity index (χ1n) is 18.0. The van der Waals surface area contributed by atoms with E-state index in [1.54, 1.807) is 0 Å².